The lowest BCUT2D eigenvalue weighted by molar-refractivity contribution is -0.123. The van der Waals surface area contributed by atoms with Crippen molar-refractivity contribution >= 4 is 29.0 Å². The fraction of sp³-hybridized carbons (Fsp3) is 0.353. The number of hydrogen-bond donors (Lipinski definition) is 2. The quantitative estimate of drug-likeness (QED) is 0.897. The number of aryl methyl sites for hydroxylation is 1. The number of carbonyl (C=O) groups excluding carboxylic acids is 2. The van der Waals surface area contributed by atoms with Crippen molar-refractivity contribution < 1.29 is 9.59 Å². The van der Waals surface area contributed by atoms with E-state index in [0.29, 0.717) is 18.8 Å². The number of amides is 3. The van der Waals surface area contributed by atoms with Crippen molar-refractivity contribution in [1.82, 2.24) is 9.88 Å². The fourth-order valence-electron chi connectivity index (χ4n) is 2.89. The van der Waals surface area contributed by atoms with Crippen molar-refractivity contribution in [2.45, 2.75) is 19.8 Å². The number of nitrogens with zero attached hydrogens (tertiary/aromatic N) is 2. The molecule has 0 bridgehead atoms. The van der Waals surface area contributed by atoms with Crippen LogP contribution in [0.1, 0.15) is 17.7 Å². The predicted molar refractivity (Wildman–Crippen MR) is 94.8 cm³/mol. The molecule has 1 atom stereocenters. The fourth-order valence-corrected chi connectivity index (χ4v) is 3.58. The molecule has 0 aromatic carbocycles. The van der Waals surface area contributed by atoms with E-state index in [1.807, 2.05) is 24.4 Å². The first-order valence-corrected chi connectivity index (χ1v) is 8.78. The van der Waals surface area contributed by atoms with Crippen LogP contribution in [-0.2, 0) is 4.79 Å². The van der Waals surface area contributed by atoms with Gasteiger partial charge in [-0.25, -0.2) is 4.79 Å². The van der Waals surface area contributed by atoms with Gasteiger partial charge < -0.3 is 16.0 Å². The van der Waals surface area contributed by atoms with E-state index < -0.39 is 0 Å². The summed E-state index contributed by atoms with van der Waals surface area (Å²) in [4.78, 5) is 31.2. The number of rotatable bonds is 3. The summed E-state index contributed by atoms with van der Waals surface area (Å²) in [5, 5.41) is 4.95. The second-order valence-corrected chi connectivity index (χ2v) is 7.08. The number of carbonyl (C=O) groups is 2. The van der Waals surface area contributed by atoms with Gasteiger partial charge in [-0.3, -0.25) is 9.78 Å². The zero-order valence-corrected chi connectivity index (χ0v) is 14.3. The molecule has 3 N–H and O–H groups in total. The highest BCUT2D eigenvalue weighted by molar-refractivity contribution is 7.10. The van der Waals surface area contributed by atoms with Gasteiger partial charge in [0.15, 0.2) is 0 Å². The Balaban J connectivity index is 1.76. The maximum Gasteiger partial charge on any atom is 0.321 e. The molecule has 1 aliphatic heterocycles. The summed E-state index contributed by atoms with van der Waals surface area (Å²) < 4.78 is 0. The average molecular weight is 344 g/mol. The number of thiophene rings is 1. The molecular formula is C17H20N4O2S. The van der Waals surface area contributed by atoms with Gasteiger partial charge in [0.05, 0.1) is 17.3 Å². The van der Waals surface area contributed by atoms with Crippen molar-refractivity contribution in [2.75, 3.05) is 18.4 Å². The minimum absolute atomic E-state index is 0.220. The first-order valence-electron chi connectivity index (χ1n) is 7.90. The number of urea groups is 1. The number of aromatic nitrogens is 1. The highest BCUT2D eigenvalue weighted by Crippen LogP contribution is 2.29. The Hall–Kier alpha value is -2.41. The molecule has 2 aromatic heterocycles. The van der Waals surface area contributed by atoms with Gasteiger partial charge in [-0.2, -0.15) is 0 Å². The maximum absolute atomic E-state index is 12.6. The topological polar surface area (TPSA) is 88.3 Å². The third-order valence-corrected chi connectivity index (χ3v) is 5.03. The van der Waals surface area contributed by atoms with E-state index in [4.69, 9.17) is 5.73 Å². The summed E-state index contributed by atoms with van der Waals surface area (Å²) in [6, 6.07) is 5.46. The number of nitrogens with two attached hydrogens (primary N) is 1. The van der Waals surface area contributed by atoms with E-state index in [9.17, 15) is 9.59 Å². The standard InChI is InChI=1S/C17H20N4O2S/c1-11-8-13(10-24-11)15-14(5-2-6-19-15)20-17(23)21-7-3-4-12(9-21)16(18)22/h2,5-6,8,10,12H,3-4,7,9H2,1H3,(H2,18,22)(H,20,23). The SMILES string of the molecule is Cc1cc(-c2ncccc2NC(=O)N2CCCC(C(N)=O)C2)cs1. The molecule has 126 valence electrons. The van der Waals surface area contributed by atoms with Crippen LogP contribution in [0.4, 0.5) is 10.5 Å². The molecule has 7 heteroatoms. The largest absolute Gasteiger partial charge is 0.369 e. The highest BCUT2D eigenvalue weighted by atomic mass is 32.1. The van der Waals surface area contributed by atoms with E-state index in [1.165, 1.54) is 4.88 Å². The first-order chi connectivity index (χ1) is 11.5. The van der Waals surface area contributed by atoms with E-state index >= 15 is 0 Å². The number of nitrogens with one attached hydrogen (secondary N) is 1. The van der Waals surface area contributed by atoms with Crippen LogP contribution in [-0.4, -0.2) is 34.9 Å². The summed E-state index contributed by atoms with van der Waals surface area (Å²) in [5.41, 5.74) is 7.78. The minimum atomic E-state index is -0.344. The van der Waals surface area contributed by atoms with Crippen molar-refractivity contribution in [3.05, 3.63) is 34.7 Å². The van der Waals surface area contributed by atoms with Crippen LogP contribution in [0.3, 0.4) is 0 Å². The molecule has 0 radical (unpaired) electrons. The Labute approximate surface area is 144 Å². The summed E-state index contributed by atoms with van der Waals surface area (Å²) in [6.07, 6.45) is 3.23. The molecule has 2 aromatic rings. The third-order valence-electron chi connectivity index (χ3n) is 4.16. The van der Waals surface area contributed by atoms with Crippen molar-refractivity contribution in [1.29, 1.82) is 0 Å². The van der Waals surface area contributed by atoms with E-state index in [1.54, 1.807) is 28.5 Å². The normalized spacial score (nSPS) is 17.5. The Morgan fingerprint density at radius 3 is 3.00 bits per heavy atom. The van der Waals surface area contributed by atoms with Crippen molar-refractivity contribution in [3.8, 4) is 11.3 Å². The molecule has 6 nitrogen and oxygen atoms in total. The lowest BCUT2D eigenvalue weighted by Gasteiger charge is -2.31. The molecule has 3 heterocycles. The number of primary amides is 1. The second kappa shape index (κ2) is 7.00. The third kappa shape index (κ3) is 3.56. The van der Waals surface area contributed by atoms with Gasteiger partial charge in [0.1, 0.15) is 0 Å². The van der Waals surface area contributed by atoms with Gasteiger partial charge >= 0.3 is 6.03 Å². The van der Waals surface area contributed by atoms with Gasteiger partial charge in [-0.05, 0) is 38.0 Å². The number of hydrogen-bond acceptors (Lipinski definition) is 4. The number of likely N-dealkylation sites (tertiary alicyclic amines) is 1. The van der Waals surface area contributed by atoms with E-state index in [0.717, 1.165) is 24.1 Å². The first kappa shape index (κ1) is 16.4. The molecule has 1 aliphatic rings. The zero-order chi connectivity index (χ0) is 17.1. The van der Waals surface area contributed by atoms with Crippen LogP contribution in [0, 0.1) is 12.8 Å². The smallest absolute Gasteiger partial charge is 0.321 e. The molecule has 3 rings (SSSR count). The van der Waals surface area contributed by atoms with Crippen LogP contribution in [0.5, 0.6) is 0 Å². The monoisotopic (exact) mass is 344 g/mol. The van der Waals surface area contributed by atoms with Gasteiger partial charge in [0.25, 0.3) is 0 Å². The minimum Gasteiger partial charge on any atom is -0.369 e. The molecular weight excluding hydrogens is 324 g/mol. The summed E-state index contributed by atoms with van der Waals surface area (Å²) >= 11 is 1.64. The van der Waals surface area contributed by atoms with Gasteiger partial charge in [-0.1, -0.05) is 0 Å². The number of piperidine rings is 1. The van der Waals surface area contributed by atoms with Gasteiger partial charge in [0, 0.05) is 35.1 Å². The van der Waals surface area contributed by atoms with Crippen LogP contribution in [0.25, 0.3) is 11.3 Å². The van der Waals surface area contributed by atoms with Crippen molar-refractivity contribution in [3.63, 3.8) is 0 Å². The summed E-state index contributed by atoms with van der Waals surface area (Å²) in [6.45, 7) is 3.03. The maximum atomic E-state index is 12.6. The van der Waals surface area contributed by atoms with E-state index in [2.05, 4.69) is 10.3 Å². The molecule has 1 unspecified atom stereocenters. The lowest BCUT2D eigenvalue weighted by atomic mass is 9.98. The Morgan fingerprint density at radius 2 is 2.29 bits per heavy atom. The Bertz CT molecular complexity index is 759. The molecule has 24 heavy (non-hydrogen) atoms. The molecule has 3 amide bonds. The zero-order valence-electron chi connectivity index (χ0n) is 13.5. The van der Waals surface area contributed by atoms with Crippen LogP contribution in [0.15, 0.2) is 29.8 Å². The summed E-state index contributed by atoms with van der Waals surface area (Å²) in [5.74, 6) is -0.610. The number of pyridine rings is 1. The molecule has 1 saturated heterocycles. The average Bonchev–Trinajstić information content (AvgIpc) is 3.01. The molecule has 0 spiro atoms. The molecule has 0 saturated carbocycles. The number of anilines is 1. The van der Waals surface area contributed by atoms with Crippen LogP contribution < -0.4 is 11.1 Å². The highest BCUT2D eigenvalue weighted by Gasteiger charge is 2.27. The second-order valence-electron chi connectivity index (χ2n) is 5.96. The van der Waals surface area contributed by atoms with Gasteiger partial charge in [-0.15, -0.1) is 11.3 Å². The molecule has 1 fully saturated rings. The van der Waals surface area contributed by atoms with Crippen LogP contribution >= 0.6 is 11.3 Å². The van der Waals surface area contributed by atoms with Gasteiger partial charge in [0.2, 0.25) is 5.91 Å². The van der Waals surface area contributed by atoms with Crippen molar-refractivity contribution in [2.24, 2.45) is 11.7 Å². The predicted octanol–water partition coefficient (Wildman–Crippen LogP) is 2.85. The summed E-state index contributed by atoms with van der Waals surface area (Å²) in [7, 11) is 0. The Morgan fingerprint density at radius 1 is 1.46 bits per heavy atom. The lowest BCUT2D eigenvalue weighted by Crippen LogP contribution is -2.45. The molecule has 0 aliphatic carbocycles. The van der Waals surface area contributed by atoms with E-state index in [-0.39, 0.29) is 17.9 Å². The van der Waals surface area contributed by atoms with Crippen LogP contribution in [0.2, 0.25) is 0 Å². The Kier molecular flexibility index (Phi) is 4.80.